The number of ether oxygens (including phenoxy) is 1. The van der Waals surface area contributed by atoms with Gasteiger partial charge in [-0.25, -0.2) is 4.39 Å². The number of nitriles is 1. The molecule has 0 aliphatic carbocycles. The number of benzene rings is 1. The van der Waals surface area contributed by atoms with Crippen LogP contribution in [0.1, 0.15) is 18.4 Å². The van der Waals surface area contributed by atoms with Crippen molar-refractivity contribution in [1.82, 2.24) is 4.90 Å². The van der Waals surface area contributed by atoms with E-state index in [0.29, 0.717) is 5.56 Å². The molecule has 1 aromatic rings. The summed E-state index contributed by atoms with van der Waals surface area (Å²) in [4.78, 5) is 38.5. The Morgan fingerprint density at radius 3 is 2.61 bits per heavy atom. The zero-order valence-corrected chi connectivity index (χ0v) is 15.3. The van der Waals surface area contributed by atoms with E-state index in [1.165, 1.54) is 48.4 Å². The summed E-state index contributed by atoms with van der Waals surface area (Å²) in [6, 6.07) is 5.57. The number of primary amides is 1. The number of Topliss-reactive ketones (excluding diaryl/α,β-unsaturated/α-hetero) is 1. The fraction of sp³-hybridized carbons (Fsp3) is 0.300. The van der Waals surface area contributed by atoms with Gasteiger partial charge in [-0.2, -0.15) is 5.26 Å². The molecule has 8 heteroatoms. The average Bonchev–Trinajstić information content (AvgIpc) is 2.98. The van der Waals surface area contributed by atoms with Crippen molar-refractivity contribution >= 4 is 17.7 Å². The smallest absolute Gasteiger partial charge is 0.329 e. The molecular formula is C20H18FN3O4. The van der Waals surface area contributed by atoms with Crippen molar-refractivity contribution in [1.29, 1.82) is 5.26 Å². The van der Waals surface area contributed by atoms with Gasteiger partial charge in [0.1, 0.15) is 5.82 Å². The Balaban J connectivity index is 2.31. The first-order valence-corrected chi connectivity index (χ1v) is 8.50. The van der Waals surface area contributed by atoms with Crippen LogP contribution >= 0.6 is 0 Å². The third-order valence-corrected chi connectivity index (χ3v) is 5.28. The largest absolute Gasteiger partial charge is 0.468 e. The Kier molecular flexibility index (Phi) is 4.77. The molecule has 3 rings (SSSR count). The third kappa shape index (κ3) is 2.67. The number of halogens is 1. The molecule has 2 aliphatic rings. The summed E-state index contributed by atoms with van der Waals surface area (Å²) in [5.74, 6) is -3.49. The van der Waals surface area contributed by atoms with Crippen molar-refractivity contribution in [3.63, 3.8) is 0 Å². The second kappa shape index (κ2) is 6.93. The van der Waals surface area contributed by atoms with Gasteiger partial charge in [0, 0.05) is 12.1 Å². The summed E-state index contributed by atoms with van der Waals surface area (Å²) in [6.45, 7) is 1.31. The van der Waals surface area contributed by atoms with E-state index < -0.39 is 41.1 Å². The maximum Gasteiger partial charge on any atom is 0.329 e. The highest BCUT2D eigenvalue weighted by Crippen LogP contribution is 2.53. The van der Waals surface area contributed by atoms with Gasteiger partial charge in [-0.3, -0.25) is 14.4 Å². The van der Waals surface area contributed by atoms with E-state index in [0.717, 1.165) is 7.11 Å². The fourth-order valence-corrected chi connectivity index (χ4v) is 4.16. The zero-order valence-electron chi connectivity index (χ0n) is 15.3. The minimum absolute atomic E-state index is 0.124. The van der Waals surface area contributed by atoms with Gasteiger partial charge in [-0.15, -0.1) is 0 Å². The van der Waals surface area contributed by atoms with Gasteiger partial charge in [0.05, 0.1) is 30.8 Å². The van der Waals surface area contributed by atoms with E-state index in [9.17, 15) is 24.0 Å². The van der Waals surface area contributed by atoms with Crippen molar-refractivity contribution in [2.24, 2.45) is 11.1 Å². The molecule has 7 nitrogen and oxygen atoms in total. The molecule has 28 heavy (non-hydrogen) atoms. The number of fused-ring (bicyclic) bond motifs is 1. The monoisotopic (exact) mass is 383 g/mol. The molecule has 0 saturated carbocycles. The first-order chi connectivity index (χ1) is 13.3. The minimum Gasteiger partial charge on any atom is -0.468 e. The van der Waals surface area contributed by atoms with Crippen LogP contribution in [-0.2, 0) is 19.1 Å². The van der Waals surface area contributed by atoms with Crippen LogP contribution in [0.4, 0.5) is 4.39 Å². The van der Waals surface area contributed by atoms with Crippen molar-refractivity contribution in [2.45, 2.75) is 24.9 Å². The lowest BCUT2D eigenvalue weighted by Crippen LogP contribution is -2.45. The summed E-state index contributed by atoms with van der Waals surface area (Å²) in [6.07, 6.45) is 4.26. The van der Waals surface area contributed by atoms with E-state index in [4.69, 9.17) is 10.5 Å². The number of ketones is 1. The number of nitrogens with two attached hydrogens (primary N) is 1. The normalized spacial score (nSPS) is 28.1. The summed E-state index contributed by atoms with van der Waals surface area (Å²) in [5, 5.41) is 10.1. The van der Waals surface area contributed by atoms with Crippen LogP contribution < -0.4 is 5.73 Å². The lowest BCUT2D eigenvalue weighted by molar-refractivity contribution is -0.150. The quantitative estimate of drug-likeness (QED) is 0.781. The summed E-state index contributed by atoms with van der Waals surface area (Å²) in [7, 11) is 1.15. The molecule has 1 saturated heterocycles. The van der Waals surface area contributed by atoms with Crippen molar-refractivity contribution in [2.75, 3.05) is 7.11 Å². The Bertz CT molecular complexity index is 964. The van der Waals surface area contributed by atoms with E-state index in [2.05, 4.69) is 0 Å². The van der Waals surface area contributed by atoms with Gasteiger partial charge in [0.15, 0.2) is 11.2 Å². The number of methoxy groups -OCH3 is 1. The average molecular weight is 383 g/mol. The van der Waals surface area contributed by atoms with Crippen LogP contribution in [0.2, 0.25) is 0 Å². The summed E-state index contributed by atoms with van der Waals surface area (Å²) in [5.41, 5.74) is 3.96. The molecule has 1 aromatic carbocycles. The number of rotatable bonds is 4. The van der Waals surface area contributed by atoms with Crippen LogP contribution in [0, 0.1) is 22.6 Å². The van der Waals surface area contributed by atoms with E-state index in [1.54, 1.807) is 6.07 Å². The highest BCUT2D eigenvalue weighted by atomic mass is 19.1. The van der Waals surface area contributed by atoms with Gasteiger partial charge >= 0.3 is 5.97 Å². The minimum atomic E-state index is -1.82. The molecule has 2 heterocycles. The molecule has 144 valence electrons. The van der Waals surface area contributed by atoms with E-state index in [1.807, 2.05) is 6.07 Å². The molecule has 2 N–H and O–H groups in total. The number of hydrogen-bond acceptors (Lipinski definition) is 6. The lowest BCUT2D eigenvalue weighted by atomic mass is 9.68. The molecule has 0 spiro atoms. The van der Waals surface area contributed by atoms with Crippen molar-refractivity contribution in [3.8, 4) is 6.07 Å². The first-order valence-electron chi connectivity index (χ1n) is 8.50. The van der Waals surface area contributed by atoms with E-state index >= 15 is 0 Å². The molecular weight excluding hydrogens is 365 g/mol. The van der Waals surface area contributed by atoms with Crippen molar-refractivity contribution < 1.29 is 23.5 Å². The highest BCUT2D eigenvalue weighted by molar-refractivity contribution is 5.96. The van der Waals surface area contributed by atoms with Gasteiger partial charge in [0.2, 0.25) is 5.91 Å². The predicted octanol–water partition coefficient (Wildman–Crippen LogP) is 1.17. The predicted molar refractivity (Wildman–Crippen MR) is 95.7 cm³/mol. The molecule has 0 aromatic heterocycles. The van der Waals surface area contributed by atoms with E-state index in [-0.39, 0.29) is 11.4 Å². The Labute approximate surface area is 160 Å². The van der Waals surface area contributed by atoms with Crippen LogP contribution in [0.5, 0.6) is 0 Å². The first kappa shape index (κ1) is 19.3. The molecule has 0 bridgehead atoms. The molecule has 4 atom stereocenters. The molecule has 0 unspecified atom stereocenters. The topological polar surface area (TPSA) is 113 Å². The lowest BCUT2D eigenvalue weighted by Gasteiger charge is -2.32. The standard InChI is InChI=1S/C20H18FN3O4/c1-11(25)17-16(12-4-3-5-14(21)8-12)20(10-22,19(27)28-2)15-7-6-13(18(23)26)9-24(15)17/h3-9,15-17H,1-2H3,(H2,23,26)/t15-,16-,17-,20+/m1/s1. The number of hydrogen-bond donors (Lipinski definition) is 1. The van der Waals surface area contributed by atoms with Gasteiger partial charge in [-0.05, 0) is 30.7 Å². The second-order valence-corrected chi connectivity index (χ2v) is 6.76. The maximum atomic E-state index is 13.9. The van der Waals surface area contributed by atoms with Crippen molar-refractivity contribution in [3.05, 3.63) is 59.6 Å². The molecule has 1 amide bonds. The zero-order chi connectivity index (χ0) is 20.6. The molecule has 2 aliphatic heterocycles. The van der Waals surface area contributed by atoms with Crippen LogP contribution in [0.25, 0.3) is 0 Å². The third-order valence-electron chi connectivity index (χ3n) is 5.28. The van der Waals surface area contributed by atoms with Gasteiger partial charge in [0.25, 0.3) is 0 Å². The molecule has 0 radical (unpaired) electrons. The van der Waals surface area contributed by atoms with Crippen LogP contribution in [0.3, 0.4) is 0 Å². The maximum absolute atomic E-state index is 13.9. The number of nitrogens with zero attached hydrogens (tertiary/aromatic N) is 2. The Morgan fingerprint density at radius 2 is 2.07 bits per heavy atom. The number of carbonyl (C=O) groups excluding carboxylic acids is 3. The van der Waals surface area contributed by atoms with Gasteiger partial charge < -0.3 is 15.4 Å². The number of carbonyl (C=O) groups is 3. The Morgan fingerprint density at radius 1 is 1.36 bits per heavy atom. The SMILES string of the molecule is COC(=O)[C@]1(C#N)[C@H](c2cccc(F)c2)[C@@H](C(C)=O)N2C=C(C(N)=O)C=C[C@@H]21. The van der Waals surface area contributed by atoms with Gasteiger partial charge in [-0.1, -0.05) is 18.2 Å². The van der Waals surface area contributed by atoms with Crippen LogP contribution in [-0.4, -0.2) is 41.8 Å². The van der Waals surface area contributed by atoms with Crippen LogP contribution in [0.15, 0.2) is 48.2 Å². The second-order valence-electron chi connectivity index (χ2n) is 6.76. The Hall–Kier alpha value is -3.47. The highest BCUT2D eigenvalue weighted by Gasteiger charge is 2.66. The number of esters is 1. The summed E-state index contributed by atoms with van der Waals surface area (Å²) >= 11 is 0. The molecule has 1 fully saturated rings. The fourth-order valence-electron chi connectivity index (χ4n) is 4.16. The summed E-state index contributed by atoms with van der Waals surface area (Å²) < 4.78 is 18.9. The number of amides is 1.